The first kappa shape index (κ1) is 19.1. The van der Waals surface area contributed by atoms with Gasteiger partial charge in [0.05, 0.1) is 5.69 Å². The summed E-state index contributed by atoms with van der Waals surface area (Å²) < 4.78 is 0. The number of nitrogens with one attached hydrogen (secondary N) is 2. The van der Waals surface area contributed by atoms with Gasteiger partial charge in [-0.25, -0.2) is 0 Å². The highest BCUT2D eigenvalue weighted by Gasteiger charge is 2.24. The van der Waals surface area contributed by atoms with Crippen LogP contribution in [0.15, 0.2) is 72.9 Å². The number of rotatable bonds is 3. The van der Waals surface area contributed by atoms with Crippen LogP contribution in [-0.4, -0.2) is 23.3 Å². The molecule has 5 heteroatoms. The first-order valence-corrected chi connectivity index (χ1v) is 10.5. The topological polar surface area (TPSA) is 65.2 Å². The van der Waals surface area contributed by atoms with Gasteiger partial charge in [-0.1, -0.05) is 24.3 Å². The maximum atomic E-state index is 13.4. The van der Waals surface area contributed by atoms with Crippen molar-refractivity contribution in [3.63, 3.8) is 0 Å². The first-order valence-electron chi connectivity index (χ1n) is 10.5. The first-order chi connectivity index (χ1) is 15.1. The second-order valence-corrected chi connectivity index (χ2v) is 7.92. The molecule has 0 saturated heterocycles. The summed E-state index contributed by atoms with van der Waals surface area (Å²) in [5, 5.41) is 4.05. The lowest BCUT2D eigenvalue weighted by molar-refractivity contribution is 0.0986. The fourth-order valence-corrected chi connectivity index (χ4v) is 4.29. The summed E-state index contributed by atoms with van der Waals surface area (Å²) in [7, 11) is 0. The highest BCUT2D eigenvalue weighted by atomic mass is 16.2. The molecule has 31 heavy (non-hydrogen) atoms. The number of nitrogens with zero attached hydrogens (tertiary/aromatic N) is 1. The summed E-state index contributed by atoms with van der Waals surface area (Å²) in [5.74, 6) is -0.185. The molecular weight excluding hydrogens is 386 g/mol. The van der Waals surface area contributed by atoms with Gasteiger partial charge in [-0.15, -0.1) is 0 Å². The van der Waals surface area contributed by atoms with E-state index in [1.807, 2.05) is 54.4 Å². The van der Waals surface area contributed by atoms with Crippen LogP contribution < -0.4 is 10.2 Å². The van der Waals surface area contributed by atoms with Gasteiger partial charge in [0.1, 0.15) is 0 Å². The number of anilines is 2. The maximum Gasteiger partial charge on any atom is 0.258 e. The molecule has 0 spiro atoms. The predicted molar refractivity (Wildman–Crippen MR) is 124 cm³/mol. The van der Waals surface area contributed by atoms with Crippen molar-refractivity contribution in [2.24, 2.45) is 0 Å². The number of aromatic nitrogens is 1. The van der Waals surface area contributed by atoms with Gasteiger partial charge in [0, 0.05) is 40.5 Å². The fourth-order valence-electron chi connectivity index (χ4n) is 4.29. The summed E-state index contributed by atoms with van der Waals surface area (Å²) in [4.78, 5) is 31.1. The second-order valence-electron chi connectivity index (χ2n) is 7.92. The Labute approximate surface area is 180 Å². The predicted octanol–water partition coefficient (Wildman–Crippen LogP) is 5.32. The molecule has 3 aromatic carbocycles. The van der Waals surface area contributed by atoms with Crippen molar-refractivity contribution in [3.05, 3.63) is 95.2 Å². The number of H-pyrrole nitrogens is 1. The van der Waals surface area contributed by atoms with Gasteiger partial charge in [-0.05, 0) is 73.4 Å². The van der Waals surface area contributed by atoms with Crippen LogP contribution in [0.3, 0.4) is 0 Å². The molecule has 0 atom stereocenters. The third-order valence-electron chi connectivity index (χ3n) is 5.91. The highest BCUT2D eigenvalue weighted by molar-refractivity contribution is 6.12. The van der Waals surface area contributed by atoms with Crippen molar-refractivity contribution in [2.75, 3.05) is 16.8 Å². The second kappa shape index (κ2) is 7.76. The Kier molecular flexibility index (Phi) is 4.79. The van der Waals surface area contributed by atoms with Crippen LogP contribution in [0.25, 0.3) is 10.9 Å². The van der Waals surface area contributed by atoms with Crippen LogP contribution in [0, 0.1) is 6.92 Å². The molecule has 0 aliphatic carbocycles. The zero-order valence-electron chi connectivity index (χ0n) is 17.3. The van der Waals surface area contributed by atoms with E-state index >= 15 is 0 Å². The van der Waals surface area contributed by atoms with Gasteiger partial charge in [-0.2, -0.15) is 0 Å². The fraction of sp³-hybridized carbons (Fsp3) is 0.154. The van der Waals surface area contributed by atoms with Gasteiger partial charge in [0.15, 0.2) is 0 Å². The minimum absolute atomic E-state index is 0.0293. The molecule has 0 radical (unpaired) electrons. The van der Waals surface area contributed by atoms with Gasteiger partial charge < -0.3 is 15.2 Å². The van der Waals surface area contributed by atoms with Crippen LogP contribution in [0.5, 0.6) is 0 Å². The summed E-state index contributed by atoms with van der Waals surface area (Å²) in [5.41, 5.74) is 6.10. The quantitative estimate of drug-likeness (QED) is 0.481. The normalized spacial score (nSPS) is 13.1. The van der Waals surface area contributed by atoms with E-state index in [4.69, 9.17) is 0 Å². The third-order valence-corrected chi connectivity index (χ3v) is 5.91. The third kappa shape index (κ3) is 3.48. The summed E-state index contributed by atoms with van der Waals surface area (Å²) in [6.07, 6.45) is 3.91. The van der Waals surface area contributed by atoms with E-state index in [-0.39, 0.29) is 11.8 Å². The standard InChI is InChI=1S/C26H23N3O2/c1-17-6-2-3-8-21(17)25(30)28-20-13-11-18(12-14-20)26(31)29-15-5-7-19-16-27-22-9-4-10-23(29)24(19)22/h2-4,6,8-14,16,27H,5,7,15H2,1H3,(H,28,30). The average molecular weight is 409 g/mol. The Hall–Kier alpha value is -3.86. The molecule has 2 amide bonds. The number of amides is 2. The van der Waals surface area contributed by atoms with Crippen LogP contribution in [0.2, 0.25) is 0 Å². The van der Waals surface area contributed by atoms with E-state index in [9.17, 15) is 9.59 Å². The van der Waals surface area contributed by atoms with Crippen molar-refractivity contribution in [1.82, 2.24) is 4.98 Å². The van der Waals surface area contributed by atoms with E-state index in [0.717, 1.165) is 35.0 Å². The molecule has 4 aromatic rings. The largest absolute Gasteiger partial charge is 0.361 e. The smallest absolute Gasteiger partial charge is 0.258 e. The van der Waals surface area contributed by atoms with E-state index in [0.29, 0.717) is 23.4 Å². The number of hydrogen-bond acceptors (Lipinski definition) is 2. The SMILES string of the molecule is Cc1ccccc1C(=O)Nc1ccc(C(=O)N2CCCc3c[nH]c4cccc2c34)cc1. The number of aromatic amines is 1. The molecule has 2 N–H and O–H groups in total. The Bertz CT molecular complexity index is 1290. The van der Waals surface area contributed by atoms with E-state index in [1.165, 1.54) is 5.56 Å². The molecule has 0 saturated carbocycles. The zero-order valence-corrected chi connectivity index (χ0v) is 17.3. The Morgan fingerprint density at radius 1 is 0.968 bits per heavy atom. The molecule has 5 rings (SSSR count). The lowest BCUT2D eigenvalue weighted by Gasteiger charge is -2.22. The van der Waals surface area contributed by atoms with Gasteiger partial charge in [0.25, 0.3) is 11.8 Å². The molecule has 0 unspecified atom stereocenters. The van der Waals surface area contributed by atoms with Crippen LogP contribution in [-0.2, 0) is 6.42 Å². The molecule has 1 aromatic heterocycles. The summed E-state index contributed by atoms with van der Waals surface area (Å²) in [6.45, 7) is 2.59. The zero-order chi connectivity index (χ0) is 21.4. The minimum Gasteiger partial charge on any atom is -0.361 e. The van der Waals surface area contributed by atoms with Gasteiger partial charge >= 0.3 is 0 Å². The monoisotopic (exact) mass is 409 g/mol. The van der Waals surface area contributed by atoms with Crippen LogP contribution in [0.1, 0.15) is 38.3 Å². The maximum absolute atomic E-state index is 13.4. The molecule has 0 fully saturated rings. The summed E-state index contributed by atoms with van der Waals surface area (Å²) >= 11 is 0. The lowest BCUT2D eigenvalue weighted by atomic mass is 10.1. The molecule has 5 nitrogen and oxygen atoms in total. The summed E-state index contributed by atoms with van der Waals surface area (Å²) in [6, 6.07) is 20.6. The molecule has 2 heterocycles. The van der Waals surface area contributed by atoms with Crippen molar-refractivity contribution in [3.8, 4) is 0 Å². The number of benzene rings is 3. The molecule has 0 bridgehead atoms. The minimum atomic E-state index is -0.156. The van der Waals surface area contributed by atoms with Gasteiger partial charge in [-0.3, -0.25) is 9.59 Å². The number of carbonyl (C=O) groups excluding carboxylic acids is 2. The van der Waals surface area contributed by atoms with Crippen molar-refractivity contribution < 1.29 is 9.59 Å². The van der Waals surface area contributed by atoms with E-state index in [1.54, 1.807) is 30.3 Å². The molecule has 1 aliphatic heterocycles. The number of carbonyl (C=O) groups is 2. The van der Waals surface area contributed by atoms with Gasteiger partial charge in [0.2, 0.25) is 0 Å². The molecule has 1 aliphatic rings. The Morgan fingerprint density at radius 3 is 2.58 bits per heavy atom. The van der Waals surface area contributed by atoms with Crippen LogP contribution in [0.4, 0.5) is 11.4 Å². The number of hydrogen-bond donors (Lipinski definition) is 2. The lowest BCUT2D eigenvalue weighted by Crippen LogP contribution is -2.31. The molecule has 154 valence electrons. The van der Waals surface area contributed by atoms with Crippen molar-refractivity contribution in [2.45, 2.75) is 19.8 Å². The molecular formula is C26H23N3O2. The van der Waals surface area contributed by atoms with Crippen LogP contribution >= 0.6 is 0 Å². The Morgan fingerprint density at radius 2 is 1.77 bits per heavy atom. The van der Waals surface area contributed by atoms with E-state index in [2.05, 4.69) is 10.3 Å². The highest BCUT2D eigenvalue weighted by Crippen LogP contribution is 2.34. The van der Waals surface area contributed by atoms with E-state index < -0.39 is 0 Å². The Balaban J connectivity index is 1.38. The van der Waals surface area contributed by atoms with Crippen molar-refractivity contribution in [1.29, 1.82) is 0 Å². The average Bonchev–Trinajstić information content (AvgIpc) is 3.10. The number of aryl methyl sites for hydroxylation is 2. The van der Waals surface area contributed by atoms with Crippen molar-refractivity contribution >= 4 is 34.1 Å².